The van der Waals surface area contributed by atoms with Crippen molar-refractivity contribution in [3.8, 4) is 0 Å². The number of urea groups is 1. The van der Waals surface area contributed by atoms with Crippen LogP contribution in [0.15, 0.2) is 28.7 Å². The lowest BCUT2D eigenvalue weighted by molar-refractivity contribution is 0.247. The molecule has 1 heterocycles. The summed E-state index contributed by atoms with van der Waals surface area (Å²) in [4.78, 5) is 11.9. The molecule has 98 valence electrons. The van der Waals surface area contributed by atoms with Crippen LogP contribution in [0.1, 0.15) is 19.3 Å². The van der Waals surface area contributed by atoms with Gasteiger partial charge in [-0.25, -0.2) is 4.79 Å². The lowest BCUT2D eigenvalue weighted by Gasteiger charge is -2.17. The Balaban J connectivity index is 1.86. The molecular weight excluding hydrogens is 294 g/mol. The van der Waals surface area contributed by atoms with Crippen molar-refractivity contribution >= 4 is 27.6 Å². The summed E-state index contributed by atoms with van der Waals surface area (Å²) in [6.45, 7) is 1.90. The predicted octanol–water partition coefficient (Wildman–Crippen LogP) is 2.71. The van der Waals surface area contributed by atoms with Crippen LogP contribution in [0.4, 0.5) is 10.5 Å². The number of hydrogen-bond donors (Lipinski definition) is 3. The van der Waals surface area contributed by atoms with Crippen LogP contribution in [-0.4, -0.2) is 25.2 Å². The molecule has 5 heteroatoms. The highest BCUT2D eigenvalue weighted by Crippen LogP contribution is 2.20. The molecule has 0 bridgehead atoms. The molecule has 4 nitrogen and oxygen atoms in total. The van der Waals surface area contributed by atoms with Gasteiger partial charge in [0.2, 0.25) is 0 Å². The normalized spacial score (nSPS) is 19.9. The fraction of sp³-hybridized carbons (Fsp3) is 0.462. The van der Waals surface area contributed by atoms with Crippen LogP contribution in [-0.2, 0) is 0 Å². The largest absolute Gasteiger partial charge is 0.334 e. The zero-order valence-corrected chi connectivity index (χ0v) is 11.8. The molecule has 1 aliphatic heterocycles. The van der Waals surface area contributed by atoms with Crippen LogP contribution >= 0.6 is 15.9 Å². The molecule has 1 fully saturated rings. The number of carbonyl (C=O) groups is 1. The van der Waals surface area contributed by atoms with E-state index in [4.69, 9.17) is 0 Å². The monoisotopic (exact) mass is 311 g/mol. The van der Waals surface area contributed by atoms with Crippen LogP contribution in [0.2, 0.25) is 0 Å². The highest BCUT2D eigenvalue weighted by atomic mass is 79.9. The molecule has 1 unspecified atom stereocenters. The number of amides is 2. The lowest BCUT2D eigenvalue weighted by Crippen LogP contribution is -2.42. The van der Waals surface area contributed by atoms with Gasteiger partial charge in [-0.1, -0.05) is 18.6 Å². The first-order valence-electron chi connectivity index (χ1n) is 6.28. The molecule has 1 atom stereocenters. The molecule has 0 aromatic heterocycles. The van der Waals surface area contributed by atoms with Crippen molar-refractivity contribution in [2.75, 3.05) is 18.4 Å². The fourth-order valence-electron chi connectivity index (χ4n) is 2.05. The first-order chi connectivity index (χ1) is 8.75. The molecule has 0 spiro atoms. The number of hydrogen-bond acceptors (Lipinski definition) is 2. The second-order valence-electron chi connectivity index (χ2n) is 4.48. The zero-order valence-electron chi connectivity index (χ0n) is 10.2. The number of nitrogens with one attached hydrogen (secondary N) is 3. The summed E-state index contributed by atoms with van der Waals surface area (Å²) in [6.07, 6.45) is 3.38. The van der Waals surface area contributed by atoms with E-state index in [2.05, 4.69) is 31.9 Å². The van der Waals surface area contributed by atoms with Crippen molar-refractivity contribution in [1.82, 2.24) is 10.6 Å². The Morgan fingerprint density at radius 1 is 1.33 bits per heavy atom. The van der Waals surface area contributed by atoms with Gasteiger partial charge in [-0.2, -0.15) is 0 Å². The second-order valence-corrected chi connectivity index (χ2v) is 5.33. The van der Waals surface area contributed by atoms with Crippen molar-refractivity contribution in [1.29, 1.82) is 0 Å². The summed E-state index contributed by atoms with van der Waals surface area (Å²) >= 11 is 3.41. The summed E-state index contributed by atoms with van der Waals surface area (Å²) in [5.41, 5.74) is 0.789. The van der Waals surface area contributed by atoms with E-state index in [1.165, 1.54) is 6.42 Å². The number of halogens is 1. The van der Waals surface area contributed by atoms with E-state index in [0.717, 1.165) is 36.1 Å². The van der Waals surface area contributed by atoms with Crippen LogP contribution in [0.25, 0.3) is 0 Å². The van der Waals surface area contributed by atoms with E-state index in [1.54, 1.807) is 0 Å². The van der Waals surface area contributed by atoms with Gasteiger partial charge < -0.3 is 16.0 Å². The molecular formula is C13H18BrN3O. The standard InChI is InChI=1S/C13H18BrN3O/c14-11-6-1-2-7-12(11)17-13(18)16-10-5-3-4-8-15-9-10/h1-2,6-7,10,15H,3-5,8-9H2,(H2,16,17,18). The van der Waals surface area contributed by atoms with Crippen LogP contribution in [0.5, 0.6) is 0 Å². The quantitative estimate of drug-likeness (QED) is 0.786. The topological polar surface area (TPSA) is 53.2 Å². The molecule has 18 heavy (non-hydrogen) atoms. The molecule has 0 radical (unpaired) electrons. The average Bonchev–Trinajstić information content (AvgIpc) is 2.61. The van der Waals surface area contributed by atoms with Gasteiger partial charge in [0.15, 0.2) is 0 Å². The van der Waals surface area contributed by atoms with Gasteiger partial charge in [-0.15, -0.1) is 0 Å². The highest BCUT2D eigenvalue weighted by Gasteiger charge is 2.14. The highest BCUT2D eigenvalue weighted by molar-refractivity contribution is 9.10. The minimum atomic E-state index is -0.143. The first kappa shape index (κ1) is 13.4. The van der Waals surface area contributed by atoms with Crippen LogP contribution < -0.4 is 16.0 Å². The first-order valence-corrected chi connectivity index (χ1v) is 7.08. The van der Waals surface area contributed by atoms with E-state index in [0.29, 0.717) is 0 Å². The number of para-hydroxylation sites is 1. The Kier molecular flexibility index (Phi) is 5.01. The Morgan fingerprint density at radius 3 is 3.00 bits per heavy atom. The van der Waals surface area contributed by atoms with Crippen molar-refractivity contribution < 1.29 is 4.79 Å². The number of anilines is 1. The smallest absolute Gasteiger partial charge is 0.319 e. The van der Waals surface area contributed by atoms with Crippen molar-refractivity contribution in [3.05, 3.63) is 28.7 Å². The Morgan fingerprint density at radius 2 is 2.17 bits per heavy atom. The summed E-state index contributed by atoms with van der Waals surface area (Å²) < 4.78 is 0.888. The number of benzene rings is 1. The third-order valence-electron chi connectivity index (χ3n) is 3.00. The summed E-state index contributed by atoms with van der Waals surface area (Å²) in [6, 6.07) is 7.67. The minimum absolute atomic E-state index is 0.143. The van der Waals surface area contributed by atoms with Gasteiger partial charge in [0.05, 0.1) is 5.69 Å². The van der Waals surface area contributed by atoms with Gasteiger partial charge in [0.25, 0.3) is 0 Å². The number of rotatable bonds is 2. The third kappa shape index (κ3) is 3.99. The molecule has 3 N–H and O–H groups in total. The molecule has 1 saturated heterocycles. The maximum atomic E-state index is 11.9. The van der Waals surface area contributed by atoms with Crippen molar-refractivity contribution in [3.63, 3.8) is 0 Å². The maximum Gasteiger partial charge on any atom is 0.319 e. The molecule has 0 aliphatic carbocycles. The van der Waals surface area contributed by atoms with Gasteiger partial charge in [0, 0.05) is 17.1 Å². The van der Waals surface area contributed by atoms with E-state index < -0.39 is 0 Å². The Hall–Kier alpha value is -1.07. The average molecular weight is 312 g/mol. The van der Waals surface area contributed by atoms with E-state index in [1.807, 2.05) is 24.3 Å². The molecule has 0 saturated carbocycles. The summed E-state index contributed by atoms with van der Waals surface area (Å²) in [5.74, 6) is 0. The molecule has 1 aromatic rings. The van der Waals surface area contributed by atoms with Crippen LogP contribution in [0, 0.1) is 0 Å². The summed E-state index contributed by atoms with van der Waals surface area (Å²) in [5, 5.41) is 9.18. The molecule has 2 rings (SSSR count). The second kappa shape index (κ2) is 6.75. The van der Waals surface area contributed by atoms with E-state index in [9.17, 15) is 4.79 Å². The minimum Gasteiger partial charge on any atom is -0.334 e. The van der Waals surface area contributed by atoms with Gasteiger partial charge >= 0.3 is 6.03 Å². The van der Waals surface area contributed by atoms with Gasteiger partial charge in [0.1, 0.15) is 0 Å². The molecule has 1 aromatic carbocycles. The van der Waals surface area contributed by atoms with Crippen LogP contribution in [0.3, 0.4) is 0 Å². The third-order valence-corrected chi connectivity index (χ3v) is 3.70. The van der Waals surface area contributed by atoms with Crippen molar-refractivity contribution in [2.24, 2.45) is 0 Å². The molecule has 1 aliphatic rings. The number of carbonyl (C=O) groups excluding carboxylic acids is 1. The Labute approximate surface area is 116 Å². The Bertz CT molecular complexity index is 403. The fourth-order valence-corrected chi connectivity index (χ4v) is 2.43. The van der Waals surface area contributed by atoms with Gasteiger partial charge in [-0.05, 0) is 47.4 Å². The zero-order chi connectivity index (χ0) is 12.8. The van der Waals surface area contributed by atoms with E-state index >= 15 is 0 Å². The van der Waals surface area contributed by atoms with Crippen molar-refractivity contribution in [2.45, 2.75) is 25.3 Å². The predicted molar refractivity (Wildman–Crippen MR) is 76.8 cm³/mol. The SMILES string of the molecule is O=C(Nc1ccccc1Br)NC1CCCCNC1. The lowest BCUT2D eigenvalue weighted by atomic mass is 10.1. The maximum absolute atomic E-state index is 11.9. The van der Waals surface area contributed by atoms with Gasteiger partial charge in [-0.3, -0.25) is 0 Å². The van der Waals surface area contributed by atoms with E-state index in [-0.39, 0.29) is 12.1 Å². The summed E-state index contributed by atoms with van der Waals surface area (Å²) in [7, 11) is 0. The molecule has 2 amide bonds.